The SMILES string of the molecule is CC1N(c2cccs2)c2cncnc2N1c1ccccc1. The second-order valence-corrected chi connectivity index (χ2v) is 5.82. The maximum Gasteiger partial charge on any atom is 0.162 e. The van der Waals surface area contributed by atoms with Crippen LogP contribution in [0.5, 0.6) is 0 Å². The van der Waals surface area contributed by atoms with Crippen molar-refractivity contribution in [2.45, 2.75) is 13.1 Å². The first kappa shape index (κ1) is 12.3. The molecule has 104 valence electrons. The van der Waals surface area contributed by atoms with Crippen molar-refractivity contribution >= 4 is 33.5 Å². The third kappa shape index (κ3) is 1.89. The van der Waals surface area contributed by atoms with Gasteiger partial charge >= 0.3 is 0 Å². The molecule has 0 radical (unpaired) electrons. The van der Waals surface area contributed by atoms with Crippen LogP contribution in [0.2, 0.25) is 0 Å². The molecule has 5 heteroatoms. The molecular weight excluding hydrogens is 280 g/mol. The Bertz CT molecular complexity index is 742. The average molecular weight is 294 g/mol. The van der Waals surface area contributed by atoms with E-state index < -0.39 is 0 Å². The highest BCUT2D eigenvalue weighted by Gasteiger charge is 2.36. The first-order valence-electron chi connectivity index (χ1n) is 6.83. The first-order valence-corrected chi connectivity index (χ1v) is 7.71. The van der Waals surface area contributed by atoms with Gasteiger partial charge in [-0.1, -0.05) is 18.2 Å². The topological polar surface area (TPSA) is 32.3 Å². The van der Waals surface area contributed by atoms with E-state index in [0.29, 0.717) is 0 Å². The molecule has 0 saturated carbocycles. The quantitative estimate of drug-likeness (QED) is 0.710. The van der Waals surface area contributed by atoms with Gasteiger partial charge in [0.1, 0.15) is 18.2 Å². The summed E-state index contributed by atoms with van der Waals surface area (Å²) in [5.41, 5.74) is 2.19. The molecule has 1 atom stereocenters. The zero-order chi connectivity index (χ0) is 14.2. The van der Waals surface area contributed by atoms with Crippen molar-refractivity contribution in [3.8, 4) is 0 Å². The molecule has 3 heterocycles. The number of fused-ring (bicyclic) bond motifs is 1. The van der Waals surface area contributed by atoms with Crippen molar-refractivity contribution in [2.75, 3.05) is 9.80 Å². The predicted molar refractivity (Wildman–Crippen MR) is 86.5 cm³/mol. The van der Waals surface area contributed by atoms with Gasteiger partial charge in [-0.05, 0) is 36.6 Å². The molecule has 1 aliphatic heterocycles. The molecule has 0 saturated heterocycles. The first-order chi connectivity index (χ1) is 10.4. The number of rotatable bonds is 2. The second-order valence-electron chi connectivity index (χ2n) is 4.89. The molecule has 4 rings (SSSR count). The van der Waals surface area contributed by atoms with E-state index in [2.05, 4.69) is 68.5 Å². The molecule has 0 N–H and O–H groups in total. The van der Waals surface area contributed by atoms with Crippen molar-refractivity contribution in [1.29, 1.82) is 0 Å². The van der Waals surface area contributed by atoms with Crippen LogP contribution >= 0.6 is 11.3 Å². The van der Waals surface area contributed by atoms with Crippen LogP contribution in [0.4, 0.5) is 22.2 Å². The third-order valence-corrected chi connectivity index (χ3v) is 4.55. The number of anilines is 4. The van der Waals surface area contributed by atoms with Crippen molar-refractivity contribution in [2.24, 2.45) is 0 Å². The van der Waals surface area contributed by atoms with E-state index in [4.69, 9.17) is 0 Å². The van der Waals surface area contributed by atoms with Gasteiger partial charge in [0.25, 0.3) is 0 Å². The van der Waals surface area contributed by atoms with E-state index in [0.717, 1.165) is 17.2 Å². The number of hydrogen-bond acceptors (Lipinski definition) is 5. The molecule has 3 aromatic rings. The lowest BCUT2D eigenvalue weighted by Crippen LogP contribution is -2.35. The van der Waals surface area contributed by atoms with Gasteiger partial charge in [0.05, 0.1) is 11.2 Å². The molecule has 2 aromatic heterocycles. The van der Waals surface area contributed by atoms with Crippen LogP contribution < -0.4 is 9.80 Å². The van der Waals surface area contributed by atoms with Crippen molar-refractivity contribution < 1.29 is 0 Å². The third-order valence-electron chi connectivity index (χ3n) is 3.69. The minimum atomic E-state index is 0.165. The molecule has 1 aliphatic rings. The number of nitrogens with zero attached hydrogens (tertiary/aromatic N) is 4. The van der Waals surface area contributed by atoms with Crippen molar-refractivity contribution in [1.82, 2.24) is 9.97 Å². The van der Waals surface area contributed by atoms with Crippen LogP contribution in [0, 0.1) is 0 Å². The Morgan fingerprint density at radius 1 is 1.05 bits per heavy atom. The summed E-state index contributed by atoms with van der Waals surface area (Å²) in [5, 5.41) is 3.30. The summed E-state index contributed by atoms with van der Waals surface area (Å²) in [6.45, 7) is 2.19. The monoisotopic (exact) mass is 294 g/mol. The highest BCUT2D eigenvalue weighted by atomic mass is 32.1. The van der Waals surface area contributed by atoms with E-state index in [1.807, 2.05) is 12.3 Å². The fourth-order valence-corrected chi connectivity index (χ4v) is 3.62. The fraction of sp³-hybridized carbons (Fsp3) is 0.125. The van der Waals surface area contributed by atoms with Crippen LogP contribution in [0.15, 0.2) is 60.4 Å². The van der Waals surface area contributed by atoms with Gasteiger partial charge in [0.2, 0.25) is 0 Å². The minimum Gasteiger partial charge on any atom is -0.307 e. The zero-order valence-corrected chi connectivity index (χ0v) is 12.4. The number of hydrogen-bond donors (Lipinski definition) is 0. The summed E-state index contributed by atoms with van der Waals surface area (Å²) in [5.74, 6) is 0.956. The lowest BCUT2D eigenvalue weighted by molar-refractivity contribution is 0.762. The van der Waals surface area contributed by atoms with E-state index in [1.165, 1.54) is 5.00 Å². The smallest absolute Gasteiger partial charge is 0.162 e. The second kappa shape index (κ2) is 4.86. The molecule has 0 bridgehead atoms. The Balaban J connectivity index is 1.87. The van der Waals surface area contributed by atoms with Crippen LogP contribution in [-0.4, -0.2) is 16.1 Å². The predicted octanol–water partition coefficient (Wildman–Crippen LogP) is 4.17. The lowest BCUT2D eigenvalue weighted by atomic mass is 10.3. The summed E-state index contributed by atoms with van der Waals surface area (Å²) < 4.78 is 0. The molecule has 1 aromatic carbocycles. The Labute approximate surface area is 127 Å². The largest absolute Gasteiger partial charge is 0.307 e. The van der Waals surface area contributed by atoms with Crippen LogP contribution in [0.1, 0.15) is 6.92 Å². The fourth-order valence-electron chi connectivity index (χ4n) is 2.80. The lowest BCUT2D eigenvalue weighted by Gasteiger charge is -2.28. The van der Waals surface area contributed by atoms with E-state index in [1.54, 1.807) is 17.7 Å². The molecule has 1 unspecified atom stereocenters. The molecule has 0 aliphatic carbocycles. The van der Waals surface area contributed by atoms with Gasteiger partial charge in [0, 0.05) is 5.69 Å². The van der Waals surface area contributed by atoms with Crippen LogP contribution in [-0.2, 0) is 0 Å². The number of aromatic nitrogens is 2. The van der Waals surface area contributed by atoms with E-state index in [-0.39, 0.29) is 6.17 Å². The Morgan fingerprint density at radius 3 is 2.67 bits per heavy atom. The number of para-hydroxylation sites is 1. The number of thiophene rings is 1. The molecule has 0 amide bonds. The summed E-state index contributed by atoms with van der Waals surface area (Å²) in [6.07, 6.45) is 3.67. The maximum absolute atomic E-state index is 4.51. The standard InChI is InChI=1S/C16H14N4S/c1-12-19(13-6-3-2-4-7-13)16-14(10-17-11-18-16)20(12)15-8-5-9-21-15/h2-12H,1H3. The van der Waals surface area contributed by atoms with Crippen LogP contribution in [0.3, 0.4) is 0 Å². The van der Waals surface area contributed by atoms with Crippen molar-refractivity contribution in [3.63, 3.8) is 0 Å². The van der Waals surface area contributed by atoms with Crippen molar-refractivity contribution in [3.05, 3.63) is 60.4 Å². The number of benzene rings is 1. The Kier molecular flexibility index (Phi) is 2.86. The molecular formula is C16H14N4S. The van der Waals surface area contributed by atoms with E-state index in [9.17, 15) is 0 Å². The van der Waals surface area contributed by atoms with E-state index >= 15 is 0 Å². The average Bonchev–Trinajstić information content (AvgIpc) is 3.13. The summed E-state index contributed by atoms with van der Waals surface area (Å²) in [4.78, 5) is 13.2. The normalized spacial score (nSPS) is 17.1. The molecule has 0 fully saturated rings. The highest BCUT2D eigenvalue weighted by molar-refractivity contribution is 7.14. The van der Waals surface area contributed by atoms with Gasteiger partial charge < -0.3 is 9.80 Å². The summed E-state index contributed by atoms with van der Waals surface area (Å²) in [6, 6.07) is 14.6. The Morgan fingerprint density at radius 2 is 1.90 bits per heavy atom. The maximum atomic E-state index is 4.51. The molecule has 0 spiro atoms. The van der Waals surface area contributed by atoms with Gasteiger partial charge in [-0.25, -0.2) is 9.97 Å². The molecule has 21 heavy (non-hydrogen) atoms. The summed E-state index contributed by atoms with van der Waals surface area (Å²) in [7, 11) is 0. The van der Waals surface area contributed by atoms with Gasteiger partial charge in [-0.2, -0.15) is 0 Å². The molecule has 4 nitrogen and oxygen atoms in total. The Hall–Kier alpha value is -2.40. The highest BCUT2D eigenvalue weighted by Crippen LogP contribution is 2.46. The minimum absolute atomic E-state index is 0.165. The van der Waals surface area contributed by atoms with Gasteiger partial charge in [-0.3, -0.25) is 0 Å². The zero-order valence-electron chi connectivity index (χ0n) is 11.5. The van der Waals surface area contributed by atoms with Gasteiger partial charge in [-0.15, -0.1) is 11.3 Å². The summed E-state index contributed by atoms with van der Waals surface area (Å²) >= 11 is 1.73. The van der Waals surface area contributed by atoms with Crippen LogP contribution in [0.25, 0.3) is 0 Å². The van der Waals surface area contributed by atoms with Gasteiger partial charge in [0.15, 0.2) is 5.82 Å².